The van der Waals surface area contributed by atoms with Gasteiger partial charge in [-0.3, -0.25) is 0 Å². The maximum absolute atomic E-state index is 12.9. The summed E-state index contributed by atoms with van der Waals surface area (Å²) in [7, 11) is 0. The summed E-state index contributed by atoms with van der Waals surface area (Å²) in [6.45, 7) is 6.36. The van der Waals surface area contributed by atoms with Crippen molar-refractivity contribution in [3.63, 3.8) is 0 Å². The fourth-order valence-electron chi connectivity index (χ4n) is 1.30. The fourth-order valence-corrected chi connectivity index (χ4v) is 1.30. The number of nitrogens with zero attached hydrogens (tertiary/aromatic N) is 1. The van der Waals surface area contributed by atoms with Crippen LogP contribution in [-0.2, 0) is 0 Å². The molecule has 3 nitrogen and oxygen atoms in total. The first-order chi connectivity index (χ1) is 7.15. The molecule has 2 N–H and O–H groups in total. The minimum Gasteiger partial charge on any atom is -0.352 e. The van der Waals surface area contributed by atoms with E-state index >= 15 is 0 Å². The normalized spacial score (nSPS) is 10.5. The molecule has 0 aliphatic rings. The molecule has 1 aromatic heterocycles. The minimum absolute atomic E-state index is 0.266. The van der Waals surface area contributed by atoms with Crippen molar-refractivity contribution in [2.24, 2.45) is 0 Å². The van der Waals surface area contributed by atoms with Crippen molar-refractivity contribution in [2.75, 3.05) is 11.9 Å². The summed E-state index contributed by atoms with van der Waals surface area (Å²) in [5, 5.41) is 3.06. The lowest BCUT2D eigenvalue weighted by molar-refractivity contribution is 0.629. The minimum atomic E-state index is -0.266. The van der Waals surface area contributed by atoms with E-state index in [1.807, 2.05) is 6.92 Å². The van der Waals surface area contributed by atoms with Crippen LogP contribution in [0.25, 0.3) is 11.0 Å². The summed E-state index contributed by atoms with van der Waals surface area (Å²) in [6, 6.07) is 4.47. The van der Waals surface area contributed by atoms with Crippen molar-refractivity contribution in [2.45, 2.75) is 6.92 Å². The van der Waals surface area contributed by atoms with E-state index in [-0.39, 0.29) is 5.82 Å². The third-order valence-corrected chi connectivity index (χ3v) is 2.00. The van der Waals surface area contributed by atoms with E-state index in [0.717, 1.165) is 11.1 Å². The predicted molar refractivity (Wildman–Crippen MR) is 59.4 cm³/mol. The Morgan fingerprint density at radius 1 is 1.60 bits per heavy atom. The van der Waals surface area contributed by atoms with Gasteiger partial charge < -0.3 is 10.3 Å². The second-order valence-corrected chi connectivity index (χ2v) is 3.56. The molecule has 0 unspecified atom stereocenters. The monoisotopic (exact) mass is 205 g/mol. The van der Waals surface area contributed by atoms with Crippen LogP contribution in [0, 0.1) is 5.82 Å². The first-order valence-electron chi connectivity index (χ1n) is 4.68. The molecule has 2 rings (SSSR count). The van der Waals surface area contributed by atoms with E-state index in [1.165, 1.54) is 12.1 Å². The van der Waals surface area contributed by atoms with Gasteiger partial charge in [0, 0.05) is 6.54 Å². The largest absolute Gasteiger partial charge is 0.352 e. The van der Waals surface area contributed by atoms with Crippen LogP contribution in [0.3, 0.4) is 0 Å². The Hall–Kier alpha value is -1.84. The molecule has 0 aliphatic heterocycles. The van der Waals surface area contributed by atoms with Gasteiger partial charge in [0.05, 0.1) is 11.0 Å². The van der Waals surface area contributed by atoms with Crippen molar-refractivity contribution in [1.82, 2.24) is 9.97 Å². The highest BCUT2D eigenvalue weighted by Gasteiger charge is 2.02. The van der Waals surface area contributed by atoms with Gasteiger partial charge >= 0.3 is 0 Å². The van der Waals surface area contributed by atoms with Gasteiger partial charge in [0.25, 0.3) is 0 Å². The van der Waals surface area contributed by atoms with Crippen LogP contribution < -0.4 is 5.32 Å². The number of nitrogens with one attached hydrogen (secondary N) is 2. The van der Waals surface area contributed by atoms with Gasteiger partial charge in [0.15, 0.2) is 0 Å². The maximum atomic E-state index is 12.9. The number of H-pyrrole nitrogens is 1. The first kappa shape index (κ1) is 9.71. The van der Waals surface area contributed by atoms with Gasteiger partial charge in [0.1, 0.15) is 5.82 Å². The molecular weight excluding hydrogens is 193 g/mol. The molecule has 0 saturated heterocycles. The molecule has 0 fully saturated rings. The molecule has 0 amide bonds. The van der Waals surface area contributed by atoms with E-state index in [0.29, 0.717) is 18.0 Å². The molecular formula is C11H12FN3. The van der Waals surface area contributed by atoms with Crippen LogP contribution in [0.2, 0.25) is 0 Å². The van der Waals surface area contributed by atoms with Crippen molar-refractivity contribution in [1.29, 1.82) is 0 Å². The molecule has 0 radical (unpaired) electrons. The summed E-state index contributed by atoms with van der Waals surface area (Å²) >= 11 is 0. The third-order valence-electron chi connectivity index (χ3n) is 2.00. The Morgan fingerprint density at radius 2 is 2.40 bits per heavy atom. The molecule has 1 aromatic carbocycles. The summed E-state index contributed by atoms with van der Waals surface area (Å²) < 4.78 is 12.9. The van der Waals surface area contributed by atoms with E-state index < -0.39 is 0 Å². The molecule has 1 heterocycles. The van der Waals surface area contributed by atoms with Gasteiger partial charge in [-0.1, -0.05) is 12.2 Å². The standard InChI is InChI=1S/C11H12FN3/c1-7(2)6-13-11-14-9-4-3-8(12)5-10(9)15-11/h3-5H,1,6H2,2H3,(H2,13,14,15). The average molecular weight is 205 g/mol. The summed E-state index contributed by atoms with van der Waals surface area (Å²) in [5.41, 5.74) is 2.46. The van der Waals surface area contributed by atoms with E-state index in [9.17, 15) is 4.39 Å². The smallest absolute Gasteiger partial charge is 0.201 e. The summed E-state index contributed by atoms with van der Waals surface area (Å²) in [6.07, 6.45) is 0. The van der Waals surface area contributed by atoms with Crippen LogP contribution in [0.15, 0.2) is 30.4 Å². The number of halogens is 1. The number of hydrogen-bond donors (Lipinski definition) is 2. The van der Waals surface area contributed by atoms with E-state index in [4.69, 9.17) is 0 Å². The molecule has 15 heavy (non-hydrogen) atoms. The predicted octanol–water partition coefficient (Wildman–Crippen LogP) is 2.69. The highest BCUT2D eigenvalue weighted by atomic mass is 19.1. The van der Waals surface area contributed by atoms with E-state index in [1.54, 1.807) is 6.07 Å². The van der Waals surface area contributed by atoms with Crippen LogP contribution in [0.5, 0.6) is 0 Å². The number of benzene rings is 1. The summed E-state index contributed by atoms with van der Waals surface area (Å²) in [4.78, 5) is 7.24. The van der Waals surface area contributed by atoms with Gasteiger partial charge in [0.2, 0.25) is 5.95 Å². The fraction of sp³-hybridized carbons (Fsp3) is 0.182. The Balaban J connectivity index is 2.27. The Morgan fingerprint density at radius 3 is 3.13 bits per heavy atom. The Kier molecular flexibility index (Phi) is 2.41. The zero-order valence-electron chi connectivity index (χ0n) is 8.47. The van der Waals surface area contributed by atoms with Crippen molar-refractivity contribution in [3.05, 3.63) is 36.2 Å². The molecule has 0 saturated carbocycles. The molecule has 2 aromatic rings. The molecule has 0 aliphatic carbocycles. The second-order valence-electron chi connectivity index (χ2n) is 3.56. The Bertz CT molecular complexity index is 502. The van der Waals surface area contributed by atoms with Gasteiger partial charge in [-0.25, -0.2) is 9.37 Å². The van der Waals surface area contributed by atoms with E-state index in [2.05, 4.69) is 21.9 Å². The van der Waals surface area contributed by atoms with Gasteiger partial charge in [-0.2, -0.15) is 0 Å². The number of anilines is 1. The number of aromatic amines is 1. The van der Waals surface area contributed by atoms with Crippen molar-refractivity contribution in [3.8, 4) is 0 Å². The zero-order valence-corrected chi connectivity index (χ0v) is 8.47. The maximum Gasteiger partial charge on any atom is 0.201 e. The number of aromatic nitrogens is 2. The third kappa shape index (κ3) is 2.15. The molecule has 0 spiro atoms. The molecule has 0 bridgehead atoms. The number of hydrogen-bond acceptors (Lipinski definition) is 2. The molecule has 4 heteroatoms. The summed E-state index contributed by atoms with van der Waals surface area (Å²) in [5.74, 6) is 0.371. The van der Waals surface area contributed by atoms with Crippen LogP contribution in [-0.4, -0.2) is 16.5 Å². The molecule has 0 atom stereocenters. The SMILES string of the molecule is C=C(C)CNc1nc2ccc(F)cc2[nH]1. The van der Waals surface area contributed by atoms with Gasteiger partial charge in [-0.15, -0.1) is 0 Å². The lowest BCUT2D eigenvalue weighted by Gasteiger charge is -1.99. The van der Waals surface area contributed by atoms with Crippen LogP contribution in [0.1, 0.15) is 6.92 Å². The highest BCUT2D eigenvalue weighted by Crippen LogP contribution is 2.15. The molecule has 78 valence electrons. The topological polar surface area (TPSA) is 40.7 Å². The number of rotatable bonds is 3. The lowest BCUT2D eigenvalue weighted by Crippen LogP contribution is -2.02. The highest BCUT2D eigenvalue weighted by molar-refractivity contribution is 5.77. The van der Waals surface area contributed by atoms with Crippen molar-refractivity contribution < 1.29 is 4.39 Å². The van der Waals surface area contributed by atoms with Crippen LogP contribution >= 0.6 is 0 Å². The van der Waals surface area contributed by atoms with Gasteiger partial charge in [-0.05, 0) is 25.1 Å². The number of fused-ring (bicyclic) bond motifs is 1. The second kappa shape index (κ2) is 3.73. The quantitative estimate of drug-likeness (QED) is 0.756. The zero-order chi connectivity index (χ0) is 10.8. The lowest BCUT2D eigenvalue weighted by atomic mass is 10.3. The average Bonchev–Trinajstić information content (AvgIpc) is 2.56. The van der Waals surface area contributed by atoms with Crippen LogP contribution in [0.4, 0.5) is 10.3 Å². The van der Waals surface area contributed by atoms with Crippen molar-refractivity contribution >= 4 is 17.0 Å². The first-order valence-corrected chi connectivity index (χ1v) is 4.68. The number of imidazole rings is 1. The Labute approximate surface area is 87.0 Å².